The fourth-order valence-electron chi connectivity index (χ4n) is 0.957. The van der Waals surface area contributed by atoms with Crippen molar-refractivity contribution in [2.24, 2.45) is 0 Å². The number of nitrogens with zero attached hydrogens (tertiary/aromatic N) is 3. The first-order valence-electron chi connectivity index (χ1n) is 3.68. The third-order valence-corrected chi connectivity index (χ3v) is 1.54. The molecule has 0 aliphatic heterocycles. The summed E-state index contributed by atoms with van der Waals surface area (Å²) in [6, 6.07) is 8.89. The number of rotatable bonds is 1. The van der Waals surface area contributed by atoms with Crippen LogP contribution in [-0.4, -0.2) is 10.1 Å². The van der Waals surface area contributed by atoms with Crippen LogP contribution in [0.5, 0.6) is 0 Å². The monoisotopic (exact) mass is 171 g/mol. The van der Waals surface area contributed by atoms with E-state index in [1.807, 2.05) is 18.2 Å². The molecule has 2 aromatic heterocycles. The van der Waals surface area contributed by atoms with Gasteiger partial charge >= 0.3 is 0 Å². The van der Waals surface area contributed by atoms with Gasteiger partial charge in [0, 0.05) is 12.3 Å². The quantitative estimate of drug-likeness (QED) is 0.653. The van der Waals surface area contributed by atoms with E-state index in [0.29, 0.717) is 11.5 Å². The van der Waals surface area contributed by atoms with E-state index < -0.39 is 0 Å². The van der Waals surface area contributed by atoms with Crippen molar-refractivity contribution in [2.75, 3.05) is 0 Å². The fourth-order valence-corrected chi connectivity index (χ4v) is 0.957. The van der Waals surface area contributed by atoms with Gasteiger partial charge in [0.1, 0.15) is 11.8 Å². The molecule has 0 unspecified atom stereocenters. The lowest BCUT2D eigenvalue weighted by Gasteiger charge is -1.89. The summed E-state index contributed by atoms with van der Waals surface area (Å²) in [7, 11) is 0. The first-order chi connectivity index (χ1) is 6.40. The van der Waals surface area contributed by atoms with Crippen molar-refractivity contribution in [2.45, 2.75) is 0 Å². The molecule has 2 rings (SSSR count). The van der Waals surface area contributed by atoms with Gasteiger partial charge in [0.05, 0.1) is 0 Å². The van der Waals surface area contributed by atoms with Crippen LogP contribution >= 0.6 is 0 Å². The number of aromatic nitrogens is 2. The summed E-state index contributed by atoms with van der Waals surface area (Å²) in [4.78, 5) is 4.05. The van der Waals surface area contributed by atoms with Crippen LogP contribution < -0.4 is 0 Å². The van der Waals surface area contributed by atoms with Crippen molar-refractivity contribution >= 4 is 0 Å². The molecule has 0 radical (unpaired) electrons. The second-order valence-electron chi connectivity index (χ2n) is 2.40. The molecule has 0 aromatic carbocycles. The van der Waals surface area contributed by atoms with Crippen molar-refractivity contribution in [1.82, 2.24) is 10.1 Å². The second-order valence-corrected chi connectivity index (χ2v) is 2.40. The molecule has 0 atom stereocenters. The van der Waals surface area contributed by atoms with E-state index in [4.69, 9.17) is 9.78 Å². The number of nitriles is 1. The summed E-state index contributed by atoms with van der Waals surface area (Å²) >= 11 is 0. The van der Waals surface area contributed by atoms with Gasteiger partial charge in [-0.05, 0) is 12.1 Å². The Hall–Kier alpha value is -2.15. The van der Waals surface area contributed by atoms with Crippen LogP contribution in [0.15, 0.2) is 35.0 Å². The Morgan fingerprint density at radius 3 is 2.92 bits per heavy atom. The van der Waals surface area contributed by atoms with Crippen LogP contribution in [0.1, 0.15) is 5.69 Å². The predicted octanol–water partition coefficient (Wildman–Crippen LogP) is 1.61. The third kappa shape index (κ3) is 1.40. The first kappa shape index (κ1) is 7.50. The lowest BCUT2D eigenvalue weighted by molar-refractivity contribution is 0.429. The normalized spacial score (nSPS) is 9.46. The van der Waals surface area contributed by atoms with E-state index in [1.165, 1.54) is 0 Å². The molecule has 0 fully saturated rings. The minimum Gasteiger partial charge on any atom is -0.353 e. The van der Waals surface area contributed by atoms with Gasteiger partial charge in [-0.1, -0.05) is 11.2 Å². The molecular formula is C9H5N3O. The molecule has 0 aliphatic rings. The van der Waals surface area contributed by atoms with E-state index in [2.05, 4.69) is 10.1 Å². The Balaban J connectivity index is 2.43. The van der Waals surface area contributed by atoms with E-state index in [9.17, 15) is 0 Å². The van der Waals surface area contributed by atoms with Gasteiger partial charge in [-0.2, -0.15) is 5.26 Å². The molecule has 2 heterocycles. The van der Waals surface area contributed by atoms with Gasteiger partial charge in [-0.25, -0.2) is 0 Å². The molecule has 0 saturated heterocycles. The molecule has 4 nitrogen and oxygen atoms in total. The average molecular weight is 171 g/mol. The van der Waals surface area contributed by atoms with Gasteiger partial charge < -0.3 is 4.52 Å². The first-order valence-corrected chi connectivity index (χ1v) is 3.68. The Labute approximate surface area is 74.4 Å². The number of hydrogen-bond donors (Lipinski definition) is 0. The Bertz CT molecular complexity index is 441. The van der Waals surface area contributed by atoms with Crippen LogP contribution in [0.2, 0.25) is 0 Å². The highest BCUT2D eigenvalue weighted by molar-refractivity contribution is 5.52. The van der Waals surface area contributed by atoms with Gasteiger partial charge in [-0.3, -0.25) is 4.98 Å². The topological polar surface area (TPSA) is 62.7 Å². The maximum Gasteiger partial charge on any atom is 0.186 e. The maximum absolute atomic E-state index is 8.50. The third-order valence-electron chi connectivity index (χ3n) is 1.54. The van der Waals surface area contributed by atoms with Crippen LogP contribution in [0.3, 0.4) is 0 Å². The zero-order chi connectivity index (χ0) is 9.10. The van der Waals surface area contributed by atoms with Crippen LogP contribution in [0, 0.1) is 11.3 Å². The molecule has 0 N–H and O–H groups in total. The van der Waals surface area contributed by atoms with Gasteiger partial charge in [0.2, 0.25) is 0 Å². The maximum atomic E-state index is 8.50. The van der Waals surface area contributed by atoms with E-state index in [0.717, 1.165) is 0 Å². The van der Waals surface area contributed by atoms with Crippen LogP contribution in [0.25, 0.3) is 11.5 Å². The fraction of sp³-hybridized carbons (Fsp3) is 0. The van der Waals surface area contributed by atoms with Gasteiger partial charge in [0.25, 0.3) is 0 Å². The summed E-state index contributed by atoms with van der Waals surface area (Å²) in [5.41, 5.74) is 0.942. The minimum atomic E-state index is 0.264. The summed E-state index contributed by atoms with van der Waals surface area (Å²) < 4.78 is 4.91. The molecule has 62 valence electrons. The van der Waals surface area contributed by atoms with E-state index in [1.54, 1.807) is 18.3 Å². The summed E-state index contributed by atoms with van der Waals surface area (Å²) in [6.07, 6.45) is 1.66. The molecule has 2 aromatic rings. The number of pyridine rings is 1. The SMILES string of the molecule is N#Cc1cc(-c2ccccn2)on1. The summed E-state index contributed by atoms with van der Waals surface area (Å²) in [5, 5.41) is 12.0. The Morgan fingerprint density at radius 2 is 2.31 bits per heavy atom. The van der Waals surface area contributed by atoms with Gasteiger partial charge in [-0.15, -0.1) is 0 Å². The summed E-state index contributed by atoms with van der Waals surface area (Å²) in [5.74, 6) is 0.511. The zero-order valence-electron chi connectivity index (χ0n) is 6.64. The molecule has 0 spiro atoms. The van der Waals surface area contributed by atoms with Crippen molar-refractivity contribution in [3.8, 4) is 17.5 Å². The smallest absolute Gasteiger partial charge is 0.186 e. The molecule has 4 heteroatoms. The number of hydrogen-bond acceptors (Lipinski definition) is 4. The Morgan fingerprint density at radius 1 is 1.38 bits per heavy atom. The van der Waals surface area contributed by atoms with E-state index in [-0.39, 0.29) is 5.69 Å². The lowest BCUT2D eigenvalue weighted by Crippen LogP contribution is -1.77. The highest BCUT2D eigenvalue weighted by atomic mass is 16.5. The highest BCUT2D eigenvalue weighted by Crippen LogP contribution is 2.16. The molecular weight excluding hydrogens is 166 g/mol. The molecule has 0 bridgehead atoms. The summed E-state index contributed by atoms with van der Waals surface area (Å²) in [6.45, 7) is 0. The van der Waals surface area contributed by atoms with Gasteiger partial charge in [0.15, 0.2) is 11.5 Å². The molecule has 0 amide bonds. The van der Waals surface area contributed by atoms with Crippen molar-refractivity contribution in [1.29, 1.82) is 5.26 Å². The molecule has 0 aliphatic carbocycles. The minimum absolute atomic E-state index is 0.264. The zero-order valence-corrected chi connectivity index (χ0v) is 6.64. The van der Waals surface area contributed by atoms with Crippen LogP contribution in [0.4, 0.5) is 0 Å². The average Bonchev–Trinajstić information content (AvgIpc) is 2.67. The lowest BCUT2D eigenvalue weighted by atomic mass is 10.3. The highest BCUT2D eigenvalue weighted by Gasteiger charge is 2.05. The molecule has 13 heavy (non-hydrogen) atoms. The van der Waals surface area contributed by atoms with E-state index >= 15 is 0 Å². The predicted molar refractivity (Wildman–Crippen MR) is 44.4 cm³/mol. The Kier molecular flexibility index (Phi) is 1.77. The standard InChI is InChI=1S/C9H5N3O/c10-6-7-5-9(13-12-7)8-3-1-2-4-11-8/h1-5H. The van der Waals surface area contributed by atoms with Crippen molar-refractivity contribution in [3.05, 3.63) is 36.2 Å². The second kappa shape index (κ2) is 3.07. The van der Waals surface area contributed by atoms with Crippen molar-refractivity contribution in [3.63, 3.8) is 0 Å². The van der Waals surface area contributed by atoms with Crippen molar-refractivity contribution < 1.29 is 4.52 Å². The largest absolute Gasteiger partial charge is 0.353 e. The molecule has 0 saturated carbocycles. The van der Waals surface area contributed by atoms with Crippen LogP contribution in [-0.2, 0) is 0 Å².